The Hall–Kier alpha value is -1.68. The number of aliphatic hydroxyl groups is 1. The van der Waals surface area contributed by atoms with Gasteiger partial charge in [0.2, 0.25) is 0 Å². The number of carbonyl (C=O) groups is 2. The van der Waals surface area contributed by atoms with E-state index in [1.165, 1.54) is 4.90 Å². The first kappa shape index (κ1) is 14.7. The topological polar surface area (TPSA) is 57.6 Å². The van der Waals surface area contributed by atoms with Crippen molar-refractivity contribution in [1.82, 2.24) is 4.90 Å². The van der Waals surface area contributed by atoms with Gasteiger partial charge in [0, 0.05) is 6.54 Å². The molecule has 1 aliphatic rings. The van der Waals surface area contributed by atoms with E-state index in [0.29, 0.717) is 24.0 Å². The molecule has 4 nitrogen and oxygen atoms in total. The summed E-state index contributed by atoms with van der Waals surface area (Å²) in [7, 11) is 0. The second kappa shape index (κ2) is 5.75. The molecule has 0 bridgehead atoms. The van der Waals surface area contributed by atoms with Gasteiger partial charge in [0.15, 0.2) is 0 Å². The molecule has 2 amide bonds. The summed E-state index contributed by atoms with van der Waals surface area (Å²) in [6.45, 7) is 4.10. The molecule has 0 fully saturated rings. The van der Waals surface area contributed by atoms with Crippen LogP contribution in [-0.2, 0) is 0 Å². The molecule has 1 aromatic rings. The zero-order valence-corrected chi connectivity index (χ0v) is 12.1. The molecule has 0 saturated heterocycles. The molecule has 1 N–H and O–H groups in total. The van der Waals surface area contributed by atoms with E-state index >= 15 is 0 Å². The summed E-state index contributed by atoms with van der Waals surface area (Å²) < 4.78 is 0. The third-order valence-electron chi connectivity index (χ3n) is 3.82. The normalized spacial score (nSPS) is 17.2. The van der Waals surface area contributed by atoms with Crippen molar-refractivity contribution in [2.45, 2.75) is 45.1 Å². The maximum atomic E-state index is 12.2. The average molecular weight is 275 g/mol. The molecular formula is C16H21NO3. The first-order valence-electron chi connectivity index (χ1n) is 7.14. The lowest BCUT2D eigenvalue weighted by molar-refractivity contribution is 0.0287. The second-order valence-corrected chi connectivity index (χ2v) is 5.66. The monoisotopic (exact) mass is 275 g/mol. The zero-order valence-electron chi connectivity index (χ0n) is 12.1. The average Bonchev–Trinajstić information content (AvgIpc) is 2.67. The Labute approximate surface area is 119 Å². The Morgan fingerprint density at radius 3 is 2.15 bits per heavy atom. The lowest BCUT2D eigenvalue weighted by Gasteiger charge is -2.25. The van der Waals surface area contributed by atoms with Crippen LogP contribution < -0.4 is 0 Å². The quantitative estimate of drug-likeness (QED) is 0.812. The summed E-state index contributed by atoms with van der Waals surface area (Å²) in [5.41, 5.74) is 0.0992. The van der Waals surface area contributed by atoms with Crippen LogP contribution in [0.4, 0.5) is 0 Å². The smallest absolute Gasteiger partial charge is 0.261 e. The van der Waals surface area contributed by atoms with Crippen molar-refractivity contribution in [3.05, 3.63) is 35.4 Å². The highest BCUT2D eigenvalue weighted by Crippen LogP contribution is 2.25. The fraction of sp³-hybridized carbons (Fsp3) is 0.500. The van der Waals surface area contributed by atoms with E-state index in [1.54, 1.807) is 31.2 Å². The molecule has 1 aromatic carbocycles. The van der Waals surface area contributed by atoms with Crippen LogP contribution in [0.15, 0.2) is 24.3 Å². The van der Waals surface area contributed by atoms with Crippen LogP contribution in [0.3, 0.4) is 0 Å². The van der Waals surface area contributed by atoms with Crippen LogP contribution in [0.2, 0.25) is 0 Å². The number of fused-ring (bicyclic) bond motifs is 1. The summed E-state index contributed by atoms with van der Waals surface area (Å²) in [5.74, 6) is -0.506. The summed E-state index contributed by atoms with van der Waals surface area (Å²) in [6, 6.07) is 6.85. The minimum absolute atomic E-state index is 0.253. The van der Waals surface area contributed by atoms with Gasteiger partial charge in [-0.15, -0.1) is 0 Å². The number of benzene rings is 1. The number of hydrogen-bond donors (Lipinski definition) is 1. The van der Waals surface area contributed by atoms with Gasteiger partial charge in [-0.1, -0.05) is 31.9 Å². The van der Waals surface area contributed by atoms with Gasteiger partial charge < -0.3 is 5.11 Å². The van der Waals surface area contributed by atoms with Gasteiger partial charge in [0.25, 0.3) is 11.8 Å². The molecule has 20 heavy (non-hydrogen) atoms. The Morgan fingerprint density at radius 1 is 1.10 bits per heavy atom. The number of carbonyl (C=O) groups excluding carboxylic acids is 2. The van der Waals surface area contributed by atoms with Crippen LogP contribution >= 0.6 is 0 Å². The van der Waals surface area contributed by atoms with Gasteiger partial charge in [-0.2, -0.15) is 0 Å². The predicted molar refractivity (Wildman–Crippen MR) is 76.6 cm³/mol. The van der Waals surface area contributed by atoms with E-state index in [1.807, 2.05) is 0 Å². The third kappa shape index (κ3) is 2.90. The van der Waals surface area contributed by atoms with Gasteiger partial charge >= 0.3 is 0 Å². The lowest BCUT2D eigenvalue weighted by Crippen LogP contribution is -2.36. The Balaban J connectivity index is 2.02. The maximum Gasteiger partial charge on any atom is 0.261 e. The predicted octanol–water partition coefficient (Wildman–Crippen LogP) is 2.61. The molecule has 0 radical (unpaired) electrons. The Bertz CT molecular complexity index is 487. The highest BCUT2D eigenvalue weighted by molar-refractivity contribution is 6.21. The summed E-state index contributed by atoms with van der Waals surface area (Å²) >= 11 is 0. The largest absolute Gasteiger partial charge is 0.390 e. The SMILES string of the molecule is CCCCC(C)(O)CCN1C(=O)c2ccccc2C1=O. The third-order valence-corrected chi connectivity index (χ3v) is 3.82. The molecule has 0 saturated carbocycles. The van der Waals surface area contributed by atoms with Gasteiger partial charge in [0.05, 0.1) is 16.7 Å². The number of imide groups is 1. The van der Waals surface area contributed by atoms with Gasteiger partial charge in [-0.05, 0) is 31.9 Å². The van der Waals surface area contributed by atoms with Gasteiger partial charge in [-0.25, -0.2) is 0 Å². The highest BCUT2D eigenvalue weighted by Gasteiger charge is 2.36. The number of rotatable bonds is 6. The minimum atomic E-state index is -0.828. The minimum Gasteiger partial charge on any atom is -0.390 e. The molecular weight excluding hydrogens is 254 g/mol. The molecule has 0 aromatic heterocycles. The van der Waals surface area contributed by atoms with Crippen LogP contribution in [0.25, 0.3) is 0 Å². The van der Waals surface area contributed by atoms with Crippen LogP contribution in [0.5, 0.6) is 0 Å². The fourth-order valence-corrected chi connectivity index (χ4v) is 2.48. The first-order valence-corrected chi connectivity index (χ1v) is 7.14. The van der Waals surface area contributed by atoms with Crippen molar-refractivity contribution in [1.29, 1.82) is 0 Å². The summed E-state index contributed by atoms with van der Waals surface area (Å²) in [6.07, 6.45) is 3.06. The molecule has 4 heteroatoms. The number of hydrogen-bond acceptors (Lipinski definition) is 3. The number of amides is 2. The van der Waals surface area contributed by atoms with Crippen LogP contribution in [0, 0.1) is 0 Å². The Morgan fingerprint density at radius 2 is 1.65 bits per heavy atom. The number of unbranched alkanes of at least 4 members (excludes halogenated alkanes) is 1. The molecule has 0 spiro atoms. The van der Waals surface area contributed by atoms with E-state index < -0.39 is 5.60 Å². The van der Waals surface area contributed by atoms with Crippen molar-refractivity contribution in [2.75, 3.05) is 6.54 Å². The van der Waals surface area contributed by atoms with E-state index in [9.17, 15) is 14.7 Å². The van der Waals surface area contributed by atoms with Gasteiger partial charge in [0.1, 0.15) is 0 Å². The van der Waals surface area contributed by atoms with Crippen LogP contribution in [-0.4, -0.2) is 34.0 Å². The standard InChI is InChI=1S/C16H21NO3/c1-3-4-9-16(2,20)10-11-17-14(18)12-7-5-6-8-13(12)15(17)19/h5-8,20H,3-4,9-11H2,1-2H3. The van der Waals surface area contributed by atoms with Crippen molar-refractivity contribution >= 4 is 11.8 Å². The lowest BCUT2D eigenvalue weighted by atomic mass is 9.95. The van der Waals surface area contributed by atoms with E-state index in [2.05, 4.69) is 6.92 Å². The molecule has 2 rings (SSSR count). The highest BCUT2D eigenvalue weighted by atomic mass is 16.3. The molecule has 1 atom stereocenters. The molecule has 1 unspecified atom stereocenters. The maximum absolute atomic E-state index is 12.2. The van der Waals surface area contributed by atoms with Crippen molar-refractivity contribution in [3.8, 4) is 0 Å². The summed E-state index contributed by atoms with van der Waals surface area (Å²) in [4.78, 5) is 25.6. The van der Waals surface area contributed by atoms with Crippen molar-refractivity contribution in [2.24, 2.45) is 0 Å². The van der Waals surface area contributed by atoms with E-state index in [0.717, 1.165) is 12.8 Å². The number of nitrogens with zero attached hydrogens (tertiary/aromatic N) is 1. The van der Waals surface area contributed by atoms with Gasteiger partial charge in [-0.3, -0.25) is 14.5 Å². The first-order chi connectivity index (χ1) is 9.46. The van der Waals surface area contributed by atoms with Crippen molar-refractivity contribution in [3.63, 3.8) is 0 Å². The van der Waals surface area contributed by atoms with Crippen LogP contribution in [0.1, 0.15) is 60.2 Å². The summed E-state index contributed by atoms with van der Waals surface area (Å²) in [5, 5.41) is 10.2. The molecule has 1 aliphatic heterocycles. The zero-order chi connectivity index (χ0) is 14.8. The van der Waals surface area contributed by atoms with Crippen molar-refractivity contribution < 1.29 is 14.7 Å². The molecule has 1 heterocycles. The van der Waals surface area contributed by atoms with E-state index in [-0.39, 0.29) is 18.4 Å². The van der Waals surface area contributed by atoms with E-state index in [4.69, 9.17) is 0 Å². The fourth-order valence-electron chi connectivity index (χ4n) is 2.48. The second-order valence-electron chi connectivity index (χ2n) is 5.66. The molecule has 0 aliphatic carbocycles. The molecule has 108 valence electrons. The Kier molecular flexibility index (Phi) is 4.23.